The van der Waals surface area contributed by atoms with Crippen LogP contribution in [0.1, 0.15) is 33.1 Å². The summed E-state index contributed by atoms with van der Waals surface area (Å²) in [6, 6.07) is 0. The first-order valence-corrected chi connectivity index (χ1v) is 4.61. The van der Waals surface area contributed by atoms with E-state index in [1.165, 1.54) is 12.8 Å². The minimum absolute atomic E-state index is 0.103. The Morgan fingerprint density at radius 3 is 2.82 bits per heavy atom. The van der Waals surface area contributed by atoms with Gasteiger partial charge >= 0.3 is 0 Å². The quantitative estimate of drug-likeness (QED) is 0.343. The molecule has 0 aliphatic heterocycles. The average Bonchev–Trinajstić information content (AvgIpc) is 1.96. The van der Waals surface area contributed by atoms with E-state index in [9.17, 15) is 0 Å². The van der Waals surface area contributed by atoms with E-state index in [0.29, 0.717) is 6.61 Å². The van der Waals surface area contributed by atoms with Crippen molar-refractivity contribution in [3.63, 3.8) is 0 Å². The zero-order chi connectivity index (χ0) is 8.53. The number of hydrogen-bond acceptors (Lipinski definition) is 1. The van der Waals surface area contributed by atoms with Gasteiger partial charge in [-0.1, -0.05) is 13.3 Å². The third-order valence-corrected chi connectivity index (χ3v) is 1.37. The van der Waals surface area contributed by atoms with Crippen LogP contribution in [0.4, 0.5) is 0 Å². The predicted molar refractivity (Wildman–Crippen MR) is 49.9 cm³/mol. The summed E-state index contributed by atoms with van der Waals surface area (Å²) < 4.78 is 5.13. The van der Waals surface area contributed by atoms with Crippen LogP contribution in [0.5, 0.6) is 0 Å². The van der Waals surface area contributed by atoms with E-state index in [0.717, 1.165) is 6.42 Å². The molecule has 0 aliphatic rings. The van der Waals surface area contributed by atoms with Crippen LogP contribution in [-0.2, 0) is 4.74 Å². The van der Waals surface area contributed by atoms with Gasteiger partial charge in [-0.25, -0.2) is 0 Å². The molecule has 0 saturated heterocycles. The lowest BCUT2D eigenvalue weighted by Gasteiger charge is -2.00. The van der Waals surface area contributed by atoms with E-state index in [2.05, 4.69) is 6.92 Å². The normalized spacial score (nSPS) is 13.7. The van der Waals surface area contributed by atoms with Crippen molar-refractivity contribution in [2.24, 2.45) is 0 Å². The number of halogens is 1. The molecule has 0 aromatic rings. The average molecular weight is 177 g/mol. The highest BCUT2D eigenvalue weighted by Gasteiger charge is 1.91. The molecule has 2 heteroatoms. The number of rotatable bonds is 6. The van der Waals surface area contributed by atoms with Gasteiger partial charge in [0.25, 0.3) is 0 Å². The van der Waals surface area contributed by atoms with Gasteiger partial charge in [-0.05, 0) is 25.8 Å². The highest BCUT2D eigenvalue weighted by molar-refractivity contribution is 6.20. The molecule has 1 atom stereocenters. The fourth-order valence-corrected chi connectivity index (χ4v) is 0.719. The first-order valence-electron chi connectivity index (χ1n) is 4.18. The van der Waals surface area contributed by atoms with Crippen LogP contribution in [0.2, 0.25) is 0 Å². The highest BCUT2D eigenvalue weighted by Crippen LogP contribution is 1.97. The van der Waals surface area contributed by atoms with Crippen molar-refractivity contribution in [1.29, 1.82) is 0 Å². The molecule has 0 radical (unpaired) electrons. The number of allylic oxidation sites excluding steroid dienone is 1. The molecular formula is C9H17ClO. The van der Waals surface area contributed by atoms with Gasteiger partial charge in [-0.3, -0.25) is 0 Å². The Hall–Kier alpha value is -0.170. The van der Waals surface area contributed by atoms with Crippen molar-refractivity contribution >= 4 is 11.6 Å². The van der Waals surface area contributed by atoms with E-state index in [1.54, 1.807) is 6.26 Å². The summed E-state index contributed by atoms with van der Waals surface area (Å²) in [5, 5.41) is 0.103. The second kappa shape index (κ2) is 7.93. The number of unbranched alkanes of at least 4 members (excludes halogenated alkanes) is 2. The van der Waals surface area contributed by atoms with Gasteiger partial charge in [-0.2, -0.15) is 0 Å². The van der Waals surface area contributed by atoms with Crippen molar-refractivity contribution in [3.8, 4) is 0 Å². The van der Waals surface area contributed by atoms with Crippen molar-refractivity contribution in [3.05, 3.63) is 12.3 Å². The van der Waals surface area contributed by atoms with Crippen molar-refractivity contribution in [2.45, 2.75) is 38.5 Å². The number of hydrogen-bond donors (Lipinski definition) is 0. The van der Waals surface area contributed by atoms with Crippen LogP contribution in [-0.4, -0.2) is 12.0 Å². The molecule has 0 aromatic carbocycles. The minimum atomic E-state index is 0.103. The Bertz CT molecular complexity index is 99.7. The second-order valence-corrected chi connectivity index (χ2v) is 3.37. The van der Waals surface area contributed by atoms with Crippen molar-refractivity contribution in [2.75, 3.05) is 6.61 Å². The molecule has 0 saturated carbocycles. The summed E-state index contributed by atoms with van der Waals surface area (Å²) in [5.74, 6) is 0. The molecule has 66 valence electrons. The second-order valence-electron chi connectivity index (χ2n) is 2.63. The Morgan fingerprint density at radius 2 is 2.27 bits per heavy atom. The first kappa shape index (κ1) is 10.8. The minimum Gasteiger partial charge on any atom is -0.500 e. The fraction of sp³-hybridized carbons (Fsp3) is 0.778. The fourth-order valence-electron chi connectivity index (χ4n) is 0.646. The molecule has 0 N–H and O–H groups in total. The molecule has 11 heavy (non-hydrogen) atoms. The summed E-state index contributed by atoms with van der Waals surface area (Å²) in [7, 11) is 0. The molecule has 1 nitrogen and oxygen atoms in total. The summed E-state index contributed by atoms with van der Waals surface area (Å²) in [6.45, 7) is 4.70. The summed E-state index contributed by atoms with van der Waals surface area (Å²) in [5.41, 5.74) is 0. The van der Waals surface area contributed by atoms with Gasteiger partial charge in [0.15, 0.2) is 0 Å². The molecule has 1 unspecified atom stereocenters. The molecule has 0 fully saturated rings. The predicted octanol–water partition coefficient (Wildman–Crippen LogP) is 3.33. The van der Waals surface area contributed by atoms with Crippen LogP contribution >= 0.6 is 11.6 Å². The van der Waals surface area contributed by atoms with Gasteiger partial charge in [0, 0.05) is 0 Å². The zero-order valence-corrected chi connectivity index (χ0v) is 8.10. The SMILES string of the molecule is CCCCC=COCC(C)Cl. The lowest BCUT2D eigenvalue weighted by molar-refractivity contribution is 0.251. The third kappa shape index (κ3) is 9.83. The monoisotopic (exact) mass is 176 g/mol. The number of alkyl halides is 1. The van der Waals surface area contributed by atoms with Gasteiger partial charge in [0.1, 0.15) is 6.61 Å². The van der Waals surface area contributed by atoms with Crippen LogP contribution in [0.25, 0.3) is 0 Å². The lowest BCUT2D eigenvalue weighted by Crippen LogP contribution is -1.99. The topological polar surface area (TPSA) is 9.23 Å². The van der Waals surface area contributed by atoms with Crippen molar-refractivity contribution in [1.82, 2.24) is 0 Å². The van der Waals surface area contributed by atoms with Gasteiger partial charge in [0.2, 0.25) is 0 Å². The molecule has 0 aromatic heterocycles. The molecule has 0 bridgehead atoms. The largest absolute Gasteiger partial charge is 0.500 e. The Morgan fingerprint density at radius 1 is 1.55 bits per heavy atom. The van der Waals surface area contributed by atoms with E-state index in [4.69, 9.17) is 16.3 Å². The van der Waals surface area contributed by atoms with Gasteiger partial charge < -0.3 is 4.74 Å². The highest BCUT2D eigenvalue weighted by atomic mass is 35.5. The maximum atomic E-state index is 5.66. The van der Waals surface area contributed by atoms with E-state index >= 15 is 0 Å². The Kier molecular flexibility index (Phi) is 7.81. The maximum absolute atomic E-state index is 5.66. The van der Waals surface area contributed by atoms with Crippen LogP contribution in [0, 0.1) is 0 Å². The standard InChI is InChI=1S/C9H17ClO/c1-3-4-5-6-7-11-8-9(2)10/h6-7,9H,3-5,8H2,1-2H3. The number of ether oxygens (including phenoxy) is 1. The third-order valence-electron chi connectivity index (χ3n) is 1.24. The van der Waals surface area contributed by atoms with Crippen molar-refractivity contribution < 1.29 is 4.74 Å². The smallest absolute Gasteiger partial charge is 0.103 e. The molecule has 0 spiro atoms. The maximum Gasteiger partial charge on any atom is 0.103 e. The first-order chi connectivity index (χ1) is 5.27. The molecular weight excluding hydrogens is 160 g/mol. The summed E-state index contributed by atoms with van der Waals surface area (Å²) in [4.78, 5) is 0. The van der Waals surface area contributed by atoms with E-state index in [1.807, 2.05) is 13.0 Å². The van der Waals surface area contributed by atoms with Crippen LogP contribution in [0.15, 0.2) is 12.3 Å². The summed E-state index contributed by atoms with van der Waals surface area (Å²) in [6.07, 6.45) is 7.36. The Balaban J connectivity index is 3.03. The molecule has 0 amide bonds. The van der Waals surface area contributed by atoms with E-state index in [-0.39, 0.29) is 5.38 Å². The lowest BCUT2D eigenvalue weighted by atomic mass is 10.2. The van der Waals surface area contributed by atoms with Crippen LogP contribution in [0.3, 0.4) is 0 Å². The zero-order valence-electron chi connectivity index (χ0n) is 7.35. The molecule has 0 rings (SSSR count). The van der Waals surface area contributed by atoms with Gasteiger partial charge in [0.05, 0.1) is 11.6 Å². The summed E-state index contributed by atoms with van der Waals surface area (Å²) >= 11 is 5.66. The Labute approximate surface area is 74.4 Å². The molecule has 0 heterocycles. The van der Waals surface area contributed by atoms with Gasteiger partial charge in [-0.15, -0.1) is 11.6 Å². The van der Waals surface area contributed by atoms with E-state index < -0.39 is 0 Å². The molecule has 0 aliphatic carbocycles. The van der Waals surface area contributed by atoms with Crippen LogP contribution < -0.4 is 0 Å².